The lowest BCUT2D eigenvalue weighted by atomic mass is 9.96. The molecule has 0 radical (unpaired) electrons. The Balaban J connectivity index is 1.63. The van der Waals surface area contributed by atoms with Crippen LogP contribution in [0.3, 0.4) is 0 Å². The number of rotatable bonds is 48. The molecule has 1 aliphatic carbocycles. The number of fused-ring (bicyclic) bond motifs is 3. The first kappa shape index (κ1) is 65.3. The Morgan fingerprint density at radius 1 is 0.608 bits per heavy atom. The predicted molar refractivity (Wildman–Crippen MR) is 302 cm³/mol. The number of nitrogens with zero attached hydrogens (tertiary/aromatic N) is 1. The molecule has 0 aromatic heterocycles. The van der Waals surface area contributed by atoms with Crippen molar-refractivity contribution >= 4 is 37.3 Å². The smallest absolute Gasteiger partial charge is 0.408 e. The number of unbranched alkanes of at least 4 members (excludes halogenated alkanes) is 17. The molecule has 3 N–H and O–H groups in total. The van der Waals surface area contributed by atoms with Crippen LogP contribution in [-0.4, -0.2) is 136 Å². The lowest BCUT2D eigenvalue weighted by molar-refractivity contribution is -0.126. The molecule has 0 spiro atoms. The van der Waals surface area contributed by atoms with Crippen LogP contribution in [0.15, 0.2) is 48.5 Å². The largest absolute Gasteiger partial charge is 0.465 e. The Labute approximate surface area is 451 Å². The molecule has 0 heterocycles. The summed E-state index contributed by atoms with van der Waals surface area (Å²) >= 11 is 1.46. The van der Waals surface area contributed by atoms with Crippen LogP contribution in [0.25, 0.3) is 11.1 Å². The third-order valence-electron chi connectivity index (χ3n) is 13.4. The fourth-order valence-corrected chi connectivity index (χ4v) is 12.0. The van der Waals surface area contributed by atoms with Crippen molar-refractivity contribution in [2.24, 2.45) is 0 Å². The highest BCUT2D eigenvalue weighted by molar-refractivity contribution is 7.99. The Morgan fingerprint density at radius 2 is 1.09 bits per heavy atom. The first-order valence-corrected chi connectivity index (χ1v) is 31.5. The van der Waals surface area contributed by atoms with E-state index in [9.17, 15) is 24.1 Å². The molecule has 2 aromatic rings. The molecule has 0 saturated carbocycles. The van der Waals surface area contributed by atoms with Crippen LogP contribution in [-0.2, 0) is 42.1 Å². The van der Waals surface area contributed by atoms with Gasteiger partial charge in [-0.15, -0.1) is 0 Å². The van der Waals surface area contributed by atoms with Gasteiger partial charge in [0.1, 0.15) is 6.04 Å². The molecule has 3 atom stereocenters. The van der Waals surface area contributed by atoms with Gasteiger partial charge in [-0.3, -0.25) is 19.1 Å². The predicted octanol–water partition coefficient (Wildman–Crippen LogP) is 13.0. The highest BCUT2D eigenvalue weighted by Crippen LogP contribution is 2.47. The van der Waals surface area contributed by atoms with E-state index in [1.165, 1.54) is 107 Å². The van der Waals surface area contributed by atoms with E-state index in [1.807, 2.05) is 43.3 Å². The molecule has 16 heteroatoms. The first-order chi connectivity index (χ1) is 36.1. The molecule has 2 aromatic carbocycles. The summed E-state index contributed by atoms with van der Waals surface area (Å²) in [6.07, 6.45) is 22.4. The van der Waals surface area contributed by atoms with Crippen LogP contribution in [0.5, 0.6) is 0 Å². The minimum atomic E-state index is -3.16. The SMILES string of the molecule is CCCCCCCCCCCCOC[C@H](CSC[C@@H](C(=O)N[C@@H](C)COCCOCCOCCP(=O)(OCC)OCC)N(CC1c2ccccc2-c2ccccc21)C(=O)O)NC(=O)CCCCCCCCCCC. The van der Waals surface area contributed by atoms with Gasteiger partial charge in [0.25, 0.3) is 0 Å². The van der Waals surface area contributed by atoms with Gasteiger partial charge in [0.05, 0.1) is 71.7 Å². The van der Waals surface area contributed by atoms with Crippen LogP contribution in [0.4, 0.5) is 4.79 Å². The van der Waals surface area contributed by atoms with Crippen molar-refractivity contribution < 1.29 is 52.1 Å². The zero-order valence-electron chi connectivity index (χ0n) is 46.3. The number of amides is 3. The monoisotopic (exact) mass is 1080 g/mol. The maximum Gasteiger partial charge on any atom is 0.408 e. The Kier molecular flexibility index (Phi) is 36.3. The third-order valence-corrected chi connectivity index (χ3v) is 16.6. The summed E-state index contributed by atoms with van der Waals surface area (Å²) in [5, 5.41) is 17.2. The lowest BCUT2D eigenvalue weighted by Gasteiger charge is -2.32. The number of carbonyl (C=O) groups is 3. The summed E-state index contributed by atoms with van der Waals surface area (Å²) in [6.45, 7) is 13.1. The second-order valence-corrected chi connectivity index (χ2v) is 23.0. The minimum absolute atomic E-state index is 0.00238. The molecule has 0 bridgehead atoms. The maximum atomic E-state index is 14.4. The van der Waals surface area contributed by atoms with E-state index in [0.717, 1.165) is 54.4 Å². The van der Waals surface area contributed by atoms with Crippen molar-refractivity contribution in [3.63, 3.8) is 0 Å². The number of carboxylic acid groups (broad SMARTS) is 1. The number of thioether (sulfide) groups is 1. The van der Waals surface area contributed by atoms with E-state index in [2.05, 4.69) is 36.6 Å². The Bertz CT molecular complexity index is 1790. The normalized spacial score (nSPS) is 13.6. The molecule has 1 aliphatic rings. The van der Waals surface area contributed by atoms with Crippen molar-refractivity contribution in [3.8, 4) is 11.1 Å². The van der Waals surface area contributed by atoms with Gasteiger partial charge in [-0.2, -0.15) is 11.8 Å². The van der Waals surface area contributed by atoms with E-state index < -0.39 is 31.7 Å². The number of benzene rings is 2. The lowest BCUT2D eigenvalue weighted by Crippen LogP contribution is -2.54. The summed E-state index contributed by atoms with van der Waals surface area (Å²) in [4.78, 5) is 42.5. The molecule has 0 fully saturated rings. The van der Waals surface area contributed by atoms with E-state index in [-0.39, 0.29) is 56.1 Å². The average molecular weight is 1080 g/mol. The molecule has 3 amide bonds. The van der Waals surface area contributed by atoms with Gasteiger partial charge in [-0.1, -0.05) is 172 Å². The fourth-order valence-electron chi connectivity index (χ4n) is 9.38. The summed E-state index contributed by atoms with van der Waals surface area (Å²) in [6, 6.07) is 14.4. The van der Waals surface area contributed by atoms with Gasteiger partial charge in [0.15, 0.2) is 0 Å². The number of nitrogens with one attached hydrogen (secondary N) is 2. The molecule has 3 rings (SSSR count). The van der Waals surface area contributed by atoms with Gasteiger partial charge >= 0.3 is 13.7 Å². The highest BCUT2D eigenvalue weighted by Gasteiger charge is 2.37. The third kappa shape index (κ3) is 27.3. The number of hydrogen-bond donors (Lipinski definition) is 3. The van der Waals surface area contributed by atoms with Gasteiger partial charge in [-0.25, -0.2) is 4.79 Å². The number of hydrogen-bond acceptors (Lipinski definition) is 11. The van der Waals surface area contributed by atoms with Gasteiger partial charge in [0, 0.05) is 43.0 Å². The fraction of sp³-hybridized carbons (Fsp3) is 0.741. The standard InChI is InChI=1S/C58H98N3O11PS/c1-6-10-12-14-16-18-20-22-24-30-36-69-45-49(60-56(62)35-25-23-21-19-17-15-13-11-7-2)46-74-47-55(61(58(64)65)43-54-52-33-28-26-31-50(52)51-32-27-29-34-53(51)54)57(63)59-48(5)44-70-40-39-67-37-38-68-41-42-73(66,71-8-3)72-9-4/h26-29,31-34,48-49,54-55H,6-25,30,35-47H2,1-5H3,(H,59,63)(H,60,62)(H,64,65)/t48-,49+,55-/m0/s1. The first-order valence-electron chi connectivity index (χ1n) is 28.6. The van der Waals surface area contributed by atoms with E-state index in [4.69, 9.17) is 28.0 Å². The topological polar surface area (TPSA) is 171 Å². The van der Waals surface area contributed by atoms with Crippen molar-refractivity contribution in [1.82, 2.24) is 15.5 Å². The molecule has 74 heavy (non-hydrogen) atoms. The molecule has 0 aliphatic heterocycles. The number of carbonyl (C=O) groups excluding carboxylic acids is 2. The molecular weight excluding hydrogens is 978 g/mol. The molecule has 14 nitrogen and oxygen atoms in total. The van der Waals surface area contributed by atoms with Crippen LogP contribution in [0.2, 0.25) is 0 Å². The van der Waals surface area contributed by atoms with Crippen LogP contribution < -0.4 is 10.6 Å². The minimum Gasteiger partial charge on any atom is -0.465 e. The van der Waals surface area contributed by atoms with Crippen molar-refractivity contribution in [2.45, 2.75) is 187 Å². The van der Waals surface area contributed by atoms with Crippen molar-refractivity contribution in [1.29, 1.82) is 0 Å². The van der Waals surface area contributed by atoms with E-state index in [1.54, 1.807) is 13.8 Å². The summed E-state index contributed by atoms with van der Waals surface area (Å²) < 4.78 is 46.5. The molecular formula is C58H98N3O11PS. The second kappa shape index (κ2) is 41.1. The highest BCUT2D eigenvalue weighted by atomic mass is 32.2. The van der Waals surface area contributed by atoms with Crippen LogP contribution >= 0.6 is 19.4 Å². The summed E-state index contributed by atoms with van der Waals surface area (Å²) in [5.74, 6) is -0.0408. The number of ether oxygens (including phenoxy) is 4. The van der Waals surface area contributed by atoms with Crippen molar-refractivity contribution in [3.05, 3.63) is 59.7 Å². The maximum absolute atomic E-state index is 14.4. The molecule has 0 saturated heterocycles. The summed E-state index contributed by atoms with van der Waals surface area (Å²) in [7, 11) is -3.16. The van der Waals surface area contributed by atoms with Crippen molar-refractivity contribution in [2.75, 3.05) is 90.3 Å². The Hall–Kier alpha value is -3.01. The zero-order valence-corrected chi connectivity index (χ0v) is 48.0. The van der Waals surface area contributed by atoms with E-state index >= 15 is 0 Å². The summed E-state index contributed by atoms with van der Waals surface area (Å²) in [5.41, 5.74) is 4.21. The van der Waals surface area contributed by atoms with Gasteiger partial charge in [0.2, 0.25) is 11.8 Å². The average Bonchev–Trinajstić information content (AvgIpc) is 3.70. The molecule has 0 unspecified atom stereocenters. The van der Waals surface area contributed by atoms with Crippen LogP contribution in [0.1, 0.15) is 180 Å². The van der Waals surface area contributed by atoms with E-state index in [0.29, 0.717) is 58.4 Å². The van der Waals surface area contributed by atoms with Crippen LogP contribution in [0, 0.1) is 0 Å². The Morgan fingerprint density at radius 3 is 1.64 bits per heavy atom. The quantitative estimate of drug-likeness (QED) is 0.0424. The second-order valence-electron chi connectivity index (χ2n) is 19.7. The van der Waals surface area contributed by atoms with Gasteiger partial charge in [-0.05, 0) is 55.9 Å². The van der Waals surface area contributed by atoms with Gasteiger partial charge < -0.3 is 43.7 Å². The molecule has 422 valence electrons. The zero-order chi connectivity index (χ0) is 53.5.